The molecular formula is C13H9Cl2N3O2S. The fourth-order valence-electron chi connectivity index (χ4n) is 1.63. The highest BCUT2D eigenvalue weighted by molar-refractivity contribution is 7.92. The molecule has 0 radical (unpaired) electrons. The Hall–Kier alpha value is -1.81. The van der Waals surface area contributed by atoms with E-state index in [4.69, 9.17) is 28.5 Å². The van der Waals surface area contributed by atoms with E-state index in [2.05, 4.69) is 9.71 Å². The van der Waals surface area contributed by atoms with Gasteiger partial charge < -0.3 is 0 Å². The zero-order valence-corrected chi connectivity index (χ0v) is 13.1. The molecule has 0 atom stereocenters. The normalized spacial score (nSPS) is 11.0. The molecule has 1 aromatic heterocycles. The van der Waals surface area contributed by atoms with Crippen LogP contribution in [0.25, 0.3) is 0 Å². The number of hydrogen-bond acceptors (Lipinski definition) is 4. The molecular weight excluding hydrogens is 333 g/mol. The highest BCUT2D eigenvalue weighted by Gasteiger charge is 2.19. The molecule has 0 spiro atoms. The second-order valence-corrected chi connectivity index (χ2v) is 6.57. The Bertz CT molecular complexity index is 845. The van der Waals surface area contributed by atoms with E-state index >= 15 is 0 Å². The number of pyridine rings is 1. The number of aryl methyl sites for hydroxylation is 1. The SMILES string of the molecule is Cc1nc(Cl)ccc1NS(=O)(=O)c1ccc(C#N)cc1Cl. The maximum Gasteiger partial charge on any atom is 0.263 e. The minimum Gasteiger partial charge on any atom is -0.278 e. The van der Waals surface area contributed by atoms with Crippen molar-refractivity contribution < 1.29 is 8.42 Å². The van der Waals surface area contributed by atoms with Crippen LogP contribution in [0, 0.1) is 18.3 Å². The minimum absolute atomic E-state index is 0.0267. The molecule has 2 aromatic rings. The highest BCUT2D eigenvalue weighted by Crippen LogP contribution is 2.26. The van der Waals surface area contributed by atoms with Gasteiger partial charge in [0.2, 0.25) is 0 Å². The van der Waals surface area contributed by atoms with Crippen molar-refractivity contribution in [1.29, 1.82) is 5.26 Å². The number of benzene rings is 1. The van der Waals surface area contributed by atoms with E-state index in [1.54, 1.807) is 6.92 Å². The van der Waals surface area contributed by atoms with Gasteiger partial charge in [-0.1, -0.05) is 23.2 Å². The third-order valence-corrected chi connectivity index (χ3v) is 4.71. The summed E-state index contributed by atoms with van der Waals surface area (Å²) in [5, 5.41) is 9.00. The quantitative estimate of drug-likeness (QED) is 0.867. The number of nitriles is 1. The van der Waals surface area contributed by atoms with E-state index in [0.29, 0.717) is 11.4 Å². The van der Waals surface area contributed by atoms with Crippen molar-refractivity contribution in [2.75, 3.05) is 4.72 Å². The summed E-state index contributed by atoms with van der Waals surface area (Å²) in [6.07, 6.45) is 0. The molecule has 0 unspecified atom stereocenters. The summed E-state index contributed by atoms with van der Waals surface area (Å²) in [5.74, 6) is 0. The number of nitrogens with zero attached hydrogens (tertiary/aromatic N) is 2. The van der Waals surface area contributed by atoms with Crippen LogP contribution in [0.15, 0.2) is 35.2 Å². The van der Waals surface area contributed by atoms with Crippen molar-refractivity contribution in [3.05, 3.63) is 51.8 Å². The maximum absolute atomic E-state index is 12.3. The molecule has 0 saturated carbocycles. The number of sulfonamides is 1. The van der Waals surface area contributed by atoms with Crippen LogP contribution in [0.1, 0.15) is 11.3 Å². The minimum atomic E-state index is -3.88. The van der Waals surface area contributed by atoms with E-state index in [-0.39, 0.29) is 20.6 Å². The van der Waals surface area contributed by atoms with Crippen LogP contribution < -0.4 is 4.72 Å². The van der Waals surface area contributed by atoms with Crippen LogP contribution in [0.2, 0.25) is 10.2 Å². The molecule has 21 heavy (non-hydrogen) atoms. The van der Waals surface area contributed by atoms with E-state index in [9.17, 15) is 8.42 Å². The third-order valence-electron chi connectivity index (χ3n) is 2.65. The van der Waals surface area contributed by atoms with Crippen molar-refractivity contribution in [2.24, 2.45) is 0 Å². The smallest absolute Gasteiger partial charge is 0.263 e. The fourth-order valence-corrected chi connectivity index (χ4v) is 3.48. The van der Waals surface area contributed by atoms with E-state index < -0.39 is 10.0 Å². The van der Waals surface area contributed by atoms with Crippen molar-refractivity contribution >= 4 is 38.9 Å². The first-order valence-corrected chi connectivity index (χ1v) is 7.93. The molecule has 0 amide bonds. The Kier molecular flexibility index (Phi) is 4.37. The first-order valence-electron chi connectivity index (χ1n) is 5.69. The van der Waals surface area contributed by atoms with Crippen LogP contribution in [-0.2, 0) is 10.0 Å². The second kappa shape index (κ2) is 5.90. The van der Waals surface area contributed by atoms with Gasteiger partial charge in [0.1, 0.15) is 10.0 Å². The van der Waals surface area contributed by atoms with Crippen LogP contribution >= 0.6 is 23.2 Å². The Morgan fingerprint density at radius 3 is 2.52 bits per heavy atom. The van der Waals surface area contributed by atoms with Crippen molar-refractivity contribution in [2.45, 2.75) is 11.8 Å². The van der Waals surface area contributed by atoms with E-state index in [1.165, 1.54) is 30.3 Å². The van der Waals surface area contributed by atoms with Gasteiger partial charge >= 0.3 is 0 Å². The van der Waals surface area contributed by atoms with E-state index in [0.717, 1.165) is 0 Å². The zero-order valence-electron chi connectivity index (χ0n) is 10.8. The lowest BCUT2D eigenvalue weighted by molar-refractivity contribution is 0.601. The molecule has 108 valence electrons. The average Bonchev–Trinajstić information content (AvgIpc) is 2.41. The van der Waals surface area contributed by atoms with Gasteiger partial charge in [-0.15, -0.1) is 0 Å². The summed E-state index contributed by atoms with van der Waals surface area (Å²) in [6, 6.07) is 8.84. The lowest BCUT2D eigenvalue weighted by Crippen LogP contribution is -2.14. The lowest BCUT2D eigenvalue weighted by Gasteiger charge is -2.11. The standard InChI is InChI=1S/C13H9Cl2N3O2S/c1-8-11(3-5-13(15)17-8)18-21(19,20)12-4-2-9(7-16)6-10(12)14/h2-6,18H,1H3. The molecule has 0 saturated heterocycles. The Morgan fingerprint density at radius 2 is 1.95 bits per heavy atom. The summed E-state index contributed by atoms with van der Waals surface area (Å²) >= 11 is 11.6. The zero-order chi connectivity index (χ0) is 15.6. The fraction of sp³-hybridized carbons (Fsp3) is 0.0769. The average molecular weight is 342 g/mol. The molecule has 1 aromatic carbocycles. The summed E-state index contributed by atoms with van der Waals surface area (Å²) < 4.78 is 27.0. The molecule has 0 aliphatic heterocycles. The lowest BCUT2D eigenvalue weighted by atomic mass is 10.2. The number of hydrogen-bond donors (Lipinski definition) is 1. The van der Waals surface area contributed by atoms with Gasteiger partial charge in [0.05, 0.1) is 28.0 Å². The van der Waals surface area contributed by atoms with Crippen molar-refractivity contribution in [3.8, 4) is 6.07 Å². The molecule has 2 rings (SSSR count). The van der Waals surface area contributed by atoms with Gasteiger partial charge in [0.15, 0.2) is 0 Å². The summed E-state index contributed by atoms with van der Waals surface area (Å²) in [7, 11) is -3.88. The molecule has 1 heterocycles. The first kappa shape index (κ1) is 15.6. The van der Waals surface area contributed by atoms with Crippen molar-refractivity contribution in [1.82, 2.24) is 4.98 Å². The highest BCUT2D eigenvalue weighted by atomic mass is 35.5. The molecule has 0 aliphatic carbocycles. The molecule has 0 fully saturated rings. The Morgan fingerprint density at radius 1 is 1.24 bits per heavy atom. The van der Waals surface area contributed by atoms with Gasteiger partial charge in [0, 0.05) is 0 Å². The van der Waals surface area contributed by atoms with Crippen LogP contribution in [0.3, 0.4) is 0 Å². The van der Waals surface area contributed by atoms with Gasteiger partial charge in [-0.2, -0.15) is 5.26 Å². The second-order valence-electron chi connectivity index (χ2n) is 4.13. The van der Waals surface area contributed by atoms with Crippen LogP contribution in [0.4, 0.5) is 5.69 Å². The molecule has 5 nitrogen and oxygen atoms in total. The van der Waals surface area contributed by atoms with E-state index in [1.807, 2.05) is 6.07 Å². The molecule has 1 N–H and O–H groups in total. The van der Waals surface area contributed by atoms with Gasteiger partial charge in [-0.25, -0.2) is 13.4 Å². The summed E-state index contributed by atoms with van der Waals surface area (Å²) in [5.41, 5.74) is 1.03. The monoisotopic (exact) mass is 341 g/mol. The molecule has 0 bridgehead atoms. The predicted octanol–water partition coefficient (Wildman–Crippen LogP) is 3.37. The largest absolute Gasteiger partial charge is 0.278 e. The van der Waals surface area contributed by atoms with Crippen LogP contribution in [0.5, 0.6) is 0 Å². The van der Waals surface area contributed by atoms with Gasteiger partial charge in [0.25, 0.3) is 10.0 Å². The number of anilines is 1. The topological polar surface area (TPSA) is 82.8 Å². The molecule has 0 aliphatic rings. The first-order chi connectivity index (χ1) is 9.83. The summed E-state index contributed by atoms with van der Waals surface area (Å²) in [4.78, 5) is 3.85. The predicted molar refractivity (Wildman–Crippen MR) is 81.0 cm³/mol. The van der Waals surface area contributed by atoms with Crippen molar-refractivity contribution in [3.63, 3.8) is 0 Å². The maximum atomic E-state index is 12.3. The third kappa shape index (κ3) is 3.45. The molecule has 8 heteroatoms. The number of rotatable bonds is 3. The van der Waals surface area contributed by atoms with Gasteiger partial charge in [-0.3, -0.25) is 4.72 Å². The Balaban J connectivity index is 2.41. The Labute approximate surface area is 132 Å². The van der Waals surface area contributed by atoms with Gasteiger partial charge in [-0.05, 0) is 37.3 Å². The number of nitrogens with one attached hydrogen (secondary N) is 1. The number of aromatic nitrogens is 1. The summed E-state index contributed by atoms with van der Waals surface area (Å²) in [6.45, 7) is 1.63. The number of halogens is 2. The van der Waals surface area contributed by atoms with Crippen LogP contribution in [-0.4, -0.2) is 13.4 Å².